The van der Waals surface area contributed by atoms with Crippen molar-refractivity contribution in [1.82, 2.24) is 0 Å². The van der Waals surface area contributed by atoms with Crippen molar-refractivity contribution < 1.29 is 9.84 Å². The first kappa shape index (κ1) is 13.1. The predicted molar refractivity (Wildman–Crippen MR) is 78.1 cm³/mol. The first-order valence-electron chi connectivity index (χ1n) is 5.97. The van der Waals surface area contributed by atoms with Crippen molar-refractivity contribution in [2.24, 2.45) is 0 Å². The van der Waals surface area contributed by atoms with Gasteiger partial charge in [0.05, 0.1) is 13.2 Å². The van der Waals surface area contributed by atoms with Crippen LogP contribution in [0.3, 0.4) is 0 Å². The number of aliphatic hydroxyl groups excluding tert-OH is 1. The lowest BCUT2D eigenvalue weighted by atomic mass is 9.98. The standard InChI is InChI=1S/C15H12BrClO2/c16-14-4-3-12(17)6-13(14)15(18)9-1-2-10-7-19-8-11(10)5-9/h1-6,15,18H,7-8H2. The second kappa shape index (κ2) is 5.25. The van der Waals surface area contributed by atoms with Gasteiger partial charge in [-0.05, 0) is 34.9 Å². The zero-order valence-electron chi connectivity index (χ0n) is 10.1. The predicted octanol–water partition coefficient (Wildman–Crippen LogP) is 4.21. The molecular weight excluding hydrogens is 328 g/mol. The molecule has 4 heteroatoms. The Kier molecular flexibility index (Phi) is 3.63. The number of ether oxygens (including phenoxy) is 1. The summed E-state index contributed by atoms with van der Waals surface area (Å²) in [5.74, 6) is 0. The zero-order valence-corrected chi connectivity index (χ0v) is 12.4. The molecule has 3 rings (SSSR count). The van der Waals surface area contributed by atoms with Crippen LogP contribution in [-0.2, 0) is 18.0 Å². The Hall–Kier alpha value is -0.870. The molecule has 0 bridgehead atoms. The molecule has 1 aliphatic rings. The van der Waals surface area contributed by atoms with Gasteiger partial charge in [-0.15, -0.1) is 0 Å². The lowest BCUT2D eigenvalue weighted by Gasteiger charge is -2.14. The summed E-state index contributed by atoms with van der Waals surface area (Å²) < 4.78 is 6.23. The molecule has 0 radical (unpaired) electrons. The maximum atomic E-state index is 10.5. The highest BCUT2D eigenvalue weighted by Crippen LogP contribution is 2.32. The largest absolute Gasteiger partial charge is 0.384 e. The molecule has 1 aliphatic heterocycles. The third kappa shape index (κ3) is 2.56. The van der Waals surface area contributed by atoms with E-state index in [1.807, 2.05) is 24.3 Å². The fourth-order valence-electron chi connectivity index (χ4n) is 2.27. The first-order chi connectivity index (χ1) is 9.15. The Morgan fingerprint density at radius 2 is 1.89 bits per heavy atom. The molecule has 1 N–H and O–H groups in total. The third-order valence-corrected chi connectivity index (χ3v) is 4.27. The average Bonchev–Trinajstić information content (AvgIpc) is 2.88. The molecule has 2 nitrogen and oxygen atoms in total. The Bertz CT molecular complexity index is 628. The zero-order chi connectivity index (χ0) is 13.4. The number of rotatable bonds is 2. The number of fused-ring (bicyclic) bond motifs is 1. The van der Waals surface area contributed by atoms with E-state index in [4.69, 9.17) is 16.3 Å². The van der Waals surface area contributed by atoms with Gasteiger partial charge in [0, 0.05) is 15.1 Å². The van der Waals surface area contributed by atoms with Gasteiger partial charge in [-0.3, -0.25) is 0 Å². The Morgan fingerprint density at radius 1 is 1.11 bits per heavy atom. The topological polar surface area (TPSA) is 29.5 Å². The van der Waals surface area contributed by atoms with Crippen LogP contribution >= 0.6 is 27.5 Å². The summed E-state index contributed by atoms with van der Waals surface area (Å²) in [5.41, 5.74) is 3.97. The molecule has 1 atom stereocenters. The molecule has 0 fully saturated rings. The van der Waals surface area contributed by atoms with Gasteiger partial charge < -0.3 is 9.84 Å². The van der Waals surface area contributed by atoms with Gasteiger partial charge >= 0.3 is 0 Å². The Labute approximate surface area is 125 Å². The summed E-state index contributed by atoms with van der Waals surface area (Å²) in [4.78, 5) is 0. The molecule has 19 heavy (non-hydrogen) atoms. The van der Waals surface area contributed by atoms with E-state index in [0.717, 1.165) is 21.2 Å². The molecule has 2 aromatic carbocycles. The maximum Gasteiger partial charge on any atom is 0.105 e. The number of aliphatic hydroxyl groups is 1. The van der Waals surface area contributed by atoms with E-state index < -0.39 is 6.10 Å². The normalized spacial score (nSPS) is 15.3. The van der Waals surface area contributed by atoms with Crippen molar-refractivity contribution in [2.75, 3.05) is 0 Å². The highest BCUT2D eigenvalue weighted by molar-refractivity contribution is 9.10. The molecule has 0 saturated carbocycles. The lowest BCUT2D eigenvalue weighted by Crippen LogP contribution is -2.01. The van der Waals surface area contributed by atoms with Crippen molar-refractivity contribution in [3.63, 3.8) is 0 Å². The van der Waals surface area contributed by atoms with Crippen LogP contribution in [-0.4, -0.2) is 5.11 Å². The summed E-state index contributed by atoms with van der Waals surface area (Å²) in [5, 5.41) is 11.1. The van der Waals surface area contributed by atoms with Crippen LogP contribution in [0, 0.1) is 0 Å². The van der Waals surface area contributed by atoms with Crippen LogP contribution < -0.4 is 0 Å². The van der Waals surface area contributed by atoms with Crippen molar-refractivity contribution in [3.8, 4) is 0 Å². The second-order valence-electron chi connectivity index (χ2n) is 4.59. The van der Waals surface area contributed by atoms with Gasteiger partial charge in [0.1, 0.15) is 6.10 Å². The Balaban J connectivity index is 1.99. The summed E-state index contributed by atoms with van der Waals surface area (Å²) in [7, 11) is 0. The number of hydrogen-bond donors (Lipinski definition) is 1. The molecule has 2 aromatic rings. The molecule has 0 amide bonds. The van der Waals surface area contributed by atoms with Crippen molar-refractivity contribution in [3.05, 3.63) is 68.1 Å². The van der Waals surface area contributed by atoms with Crippen LogP contribution in [0.25, 0.3) is 0 Å². The van der Waals surface area contributed by atoms with Gasteiger partial charge in [-0.2, -0.15) is 0 Å². The summed E-state index contributed by atoms with van der Waals surface area (Å²) >= 11 is 9.44. The van der Waals surface area contributed by atoms with Gasteiger partial charge in [0.2, 0.25) is 0 Å². The van der Waals surface area contributed by atoms with E-state index in [0.29, 0.717) is 18.2 Å². The van der Waals surface area contributed by atoms with Gasteiger partial charge in [-0.1, -0.05) is 45.7 Å². The SMILES string of the molecule is OC(c1ccc2c(c1)COC2)c1cc(Cl)ccc1Br. The van der Waals surface area contributed by atoms with E-state index >= 15 is 0 Å². The summed E-state index contributed by atoms with van der Waals surface area (Å²) in [6.45, 7) is 1.28. The molecule has 0 saturated heterocycles. The monoisotopic (exact) mass is 338 g/mol. The van der Waals surface area contributed by atoms with Crippen LogP contribution in [0.1, 0.15) is 28.4 Å². The van der Waals surface area contributed by atoms with E-state index in [-0.39, 0.29) is 0 Å². The maximum absolute atomic E-state index is 10.5. The third-order valence-electron chi connectivity index (χ3n) is 3.31. The minimum Gasteiger partial charge on any atom is -0.384 e. The first-order valence-corrected chi connectivity index (χ1v) is 7.15. The van der Waals surface area contributed by atoms with Crippen LogP contribution in [0.4, 0.5) is 0 Å². The van der Waals surface area contributed by atoms with Crippen molar-refractivity contribution >= 4 is 27.5 Å². The number of halogens is 2. The second-order valence-corrected chi connectivity index (χ2v) is 5.88. The van der Waals surface area contributed by atoms with Crippen LogP contribution in [0.15, 0.2) is 40.9 Å². The number of hydrogen-bond acceptors (Lipinski definition) is 2. The van der Waals surface area contributed by atoms with E-state index in [2.05, 4.69) is 15.9 Å². The quantitative estimate of drug-likeness (QED) is 0.888. The number of benzene rings is 2. The van der Waals surface area contributed by atoms with Gasteiger partial charge in [-0.25, -0.2) is 0 Å². The minimum atomic E-state index is -0.695. The van der Waals surface area contributed by atoms with Gasteiger partial charge in [0.25, 0.3) is 0 Å². The molecule has 0 aliphatic carbocycles. The van der Waals surface area contributed by atoms with E-state index in [9.17, 15) is 5.11 Å². The highest BCUT2D eigenvalue weighted by Gasteiger charge is 2.18. The Morgan fingerprint density at radius 3 is 2.74 bits per heavy atom. The average molecular weight is 340 g/mol. The molecule has 0 aromatic heterocycles. The van der Waals surface area contributed by atoms with E-state index in [1.54, 1.807) is 12.1 Å². The molecule has 0 spiro atoms. The van der Waals surface area contributed by atoms with Gasteiger partial charge in [0.15, 0.2) is 0 Å². The highest BCUT2D eigenvalue weighted by atomic mass is 79.9. The lowest BCUT2D eigenvalue weighted by molar-refractivity contribution is 0.134. The summed E-state index contributed by atoms with van der Waals surface area (Å²) in [6.07, 6.45) is -0.695. The molecule has 1 unspecified atom stereocenters. The smallest absolute Gasteiger partial charge is 0.105 e. The van der Waals surface area contributed by atoms with Crippen LogP contribution in [0.2, 0.25) is 5.02 Å². The van der Waals surface area contributed by atoms with Crippen molar-refractivity contribution in [1.29, 1.82) is 0 Å². The minimum absolute atomic E-state index is 0.613. The summed E-state index contributed by atoms with van der Waals surface area (Å²) in [6, 6.07) is 11.4. The van der Waals surface area contributed by atoms with Crippen molar-refractivity contribution in [2.45, 2.75) is 19.3 Å². The molecule has 1 heterocycles. The van der Waals surface area contributed by atoms with E-state index in [1.165, 1.54) is 5.56 Å². The van der Waals surface area contributed by atoms with Crippen LogP contribution in [0.5, 0.6) is 0 Å². The molecular formula is C15H12BrClO2. The molecule has 98 valence electrons. The fraction of sp³-hybridized carbons (Fsp3) is 0.200. The fourth-order valence-corrected chi connectivity index (χ4v) is 2.91.